The molecule has 2 aromatic carbocycles. The second-order valence-electron chi connectivity index (χ2n) is 6.76. The van der Waals surface area contributed by atoms with Gasteiger partial charge in [-0.3, -0.25) is 4.79 Å². The van der Waals surface area contributed by atoms with Crippen LogP contribution >= 0.6 is 0 Å². The summed E-state index contributed by atoms with van der Waals surface area (Å²) < 4.78 is 81.4. The van der Waals surface area contributed by atoms with Crippen LogP contribution in [-0.2, 0) is 21.2 Å². The Labute approximate surface area is 175 Å². The SMILES string of the molecule is O=C(N1CCc2cc(S(=O)(=O)NCCOc3ccc4c(c3)OCO4)ccc21)C(F)(F)F. The Bertz CT molecular complexity index is 1120. The Morgan fingerprint density at radius 3 is 2.68 bits per heavy atom. The molecule has 8 nitrogen and oxygen atoms in total. The second-order valence-corrected chi connectivity index (χ2v) is 8.52. The van der Waals surface area contributed by atoms with Gasteiger partial charge in [0.05, 0.1) is 4.90 Å². The van der Waals surface area contributed by atoms with E-state index in [-0.39, 0.29) is 43.5 Å². The molecule has 12 heteroatoms. The van der Waals surface area contributed by atoms with Gasteiger partial charge < -0.3 is 19.1 Å². The van der Waals surface area contributed by atoms with Crippen molar-refractivity contribution in [2.75, 3.05) is 31.4 Å². The number of ether oxygens (including phenoxy) is 3. The monoisotopic (exact) mass is 458 g/mol. The maximum absolute atomic E-state index is 12.7. The van der Waals surface area contributed by atoms with E-state index in [4.69, 9.17) is 14.2 Å². The third-order valence-corrected chi connectivity index (χ3v) is 6.21. The molecule has 31 heavy (non-hydrogen) atoms. The van der Waals surface area contributed by atoms with E-state index in [0.717, 1.165) is 0 Å². The predicted molar refractivity (Wildman–Crippen MR) is 102 cm³/mol. The molecule has 0 atom stereocenters. The molecule has 0 fully saturated rings. The molecule has 2 heterocycles. The topological polar surface area (TPSA) is 94.2 Å². The van der Waals surface area contributed by atoms with Crippen LogP contribution in [0, 0.1) is 0 Å². The van der Waals surface area contributed by atoms with Crippen molar-refractivity contribution in [2.24, 2.45) is 0 Å². The van der Waals surface area contributed by atoms with Gasteiger partial charge in [-0.15, -0.1) is 0 Å². The summed E-state index contributed by atoms with van der Waals surface area (Å²) in [6, 6.07) is 8.63. The lowest BCUT2D eigenvalue weighted by Gasteiger charge is -2.19. The van der Waals surface area contributed by atoms with E-state index in [1.807, 2.05) is 0 Å². The number of alkyl halides is 3. The molecule has 1 amide bonds. The summed E-state index contributed by atoms with van der Waals surface area (Å²) in [5.41, 5.74) is 0.421. The van der Waals surface area contributed by atoms with Crippen molar-refractivity contribution in [3.63, 3.8) is 0 Å². The van der Waals surface area contributed by atoms with Gasteiger partial charge in [0, 0.05) is 24.8 Å². The maximum Gasteiger partial charge on any atom is 0.471 e. The number of amides is 1. The average Bonchev–Trinajstić information content (AvgIpc) is 3.35. The van der Waals surface area contributed by atoms with E-state index in [1.54, 1.807) is 18.2 Å². The summed E-state index contributed by atoms with van der Waals surface area (Å²) in [5.74, 6) is -0.356. The van der Waals surface area contributed by atoms with Gasteiger partial charge in [0.2, 0.25) is 16.8 Å². The van der Waals surface area contributed by atoms with Crippen LogP contribution in [0.2, 0.25) is 0 Å². The summed E-state index contributed by atoms with van der Waals surface area (Å²) in [6.45, 7) is -0.0281. The van der Waals surface area contributed by atoms with Crippen LogP contribution in [0.4, 0.5) is 18.9 Å². The van der Waals surface area contributed by atoms with Gasteiger partial charge >= 0.3 is 12.1 Å². The number of benzene rings is 2. The van der Waals surface area contributed by atoms with Crippen LogP contribution in [0.15, 0.2) is 41.3 Å². The first-order chi connectivity index (χ1) is 14.6. The van der Waals surface area contributed by atoms with Crippen molar-refractivity contribution < 1.29 is 40.6 Å². The van der Waals surface area contributed by atoms with Gasteiger partial charge in [-0.25, -0.2) is 13.1 Å². The number of fused-ring (bicyclic) bond motifs is 2. The highest BCUT2D eigenvalue weighted by atomic mass is 32.2. The quantitative estimate of drug-likeness (QED) is 0.668. The highest BCUT2D eigenvalue weighted by Crippen LogP contribution is 2.35. The fourth-order valence-corrected chi connectivity index (χ4v) is 4.37. The predicted octanol–water partition coefficient (Wildman–Crippen LogP) is 2.22. The number of sulfonamides is 1. The summed E-state index contributed by atoms with van der Waals surface area (Å²) in [5, 5.41) is 0. The lowest BCUT2D eigenvalue weighted by molar-refractivity contribution is -0.170. The van der Waals surface area contributed by atoms with Crippen molar-refractivity contribution >= 4 is 21.6 Å². The zero-order valence-corrected chi connectivity index (χ0v) is 16.8. The van der Waals surface area contributed by atoms with Gasteiger partial charge in [-0.2, -0.15) is 13.2 Å². The van der Waals surface area contributed by atoms with Crippen molar-refractivity contribution in [1.82, 2.24) is 4.72 Å². The molecule has 0 bridgehead atoms. The molecule has 0 aromatic heterocycles. The number of anilines is 1. The smallest absolute Gasteiger partial charge is 0.471 e. The zero-order chi connectivity index (χ0) is 22.2. The van der Waals surface area contributed by atoms with Crippen molar-refractivity contribution in [2.45, 2.75) is 17.5 Å². The number of carbonyl (C=O) groups excluding carboxylic acids is 1. The van der Waals surface area contributed by atoms with Crippen LogP contribution < -0.4 is 23.8 Å². The molecule has 4 rings (SSSR count). The fourth-order valence-electron chi connectivity index (χ4n) is 3.30. The minimum Gasteiger partial charge on any atom is -0.492 e. The van der Waals surface area contributed by atoms with E-state index in [2.05, 4.69) is 4.72 Å². The van der Waals surface area contributed by atoms with Gasteiger partial charge in [-0.05, 0) is 42.3 Å². The lowest BCUT2D eigenvalue weighted by atomic mass is 10.2. The molecule has 0 radical (unpaired) electrons. The number of halogens is 3. The molecule has 166 valence electrons. The van der Waals surface area contributed by atoms with Gasteiger partial charge in [0.15, 0.2) is 11.5 Å². The third kappa shape index (κ3) is 4.39. The van der Waals surface area contributed by atoms with E-state index < -0.39 is 22.1 Å². The molecule has 0 unspecified atom stereocenters. The molecule has 1 N–H and O–H groups in total. The van der Waals surface area contributed by atoms with Crippen LogP contribution in [0.1, 0.15) is 5.56 Å². The van der Waals surface area contributed by atoms with Crippen LogP contribution in [0.3, 0.4) is 0 Å². The standard InChI is InChI=1S/C19H17F3N2O6S/c20-19(21,22)18(25)24-7-5-12-9-14(2-3-15(12)24)31(26,27)23-6-8-28-13-1-4-16-17(10-13)30-11-29-16/h1-4,9-10,23H,5-8,11H2. The van der Waals surface area contributed by atoms with Crippen molar-refractivity contribution in [1.29, 1.82) is 0 Å². The molecular formula is C19H17F3N2O6S. The lowest BCUT2D eigenvalue weighted by Crippen LogP contribution is -2.40. The second kappa shape index (κ2) is 7.93. The average molecular weight is 458 g/mol. The van der Waals surface area contributed by atoms with Crippen LogP contribution in [-0.4, -0.2) is 47.0 Å². The fraction of sp³-hybridized carbons (Fsp3) is 0.316. The minimum absolute atomic E-state index is 0.0352. The summed E-state index contributed by atoms with van der Waals surface area (Å²) in [7, 11) is -3.91. The highest BCUT2D eigenvalue weighted by Gasteiger charge is 2.44. The number of rotatable bonds is 6. The molecular weight excluding hydrogens is 441 g/mol. The number of nitrogens with one attached hydrogen (secondary N) is 1. The van der Waals surface area contributed by atoms with E-state index in [0.29, 0.717) is 27.7 Å². The van der Waals surface area contributed by atoms with Gasteiger partial charge in [0.25, 0.3) is 0 Å². The number of carbonyl (C=O) groups is 1. The highest BCUT2D eigenvalue weighted by molar-refractivity contribution is 7.89. The molecule has 0 spiro atoms. The molecule has 2 aliphatic heterocycles. The molecule has 0 saturated heterocycles. The number of nitrogens with zero attached hydrogens (tertiary/aromatic N) is 1. The molecule has 0 saturated carbocycles. The van der Waals surface area contributed by atoms with E-state index in [1.165, 1.54) is 18.2 Å². The Morgan fingerprint density at radius 1 is 1.13 bits per heavy atom. The van der Waals surface area contributed by atoms with Gasteiger partial charge in [-0.1, -0.05) is 0 Å². The zero-order valence-electron chi connectivity index (χ0n) is 15.9. The number of hydrogen-bond donors (Lipinski definition) is 1. The molecule has 2 aromatic rings. The van der Waals surface area contributed by atoms with Crippen molar-refractivity contribution in [3.05, 3.63) is 42.0 Å². The van der Waals surface area contributed by atoms with Gasteiger partial charge in [0.1, 0.15) is 12.4 Å². The third-order valence-electron chi connectivity index (χ3n) is 4.75. The first-order valence-corrected chi connectivity index (χ1v) is 10.7. The maximum atomic E-state index is 12.7. The minimum atomic E-state index is -4.99. The Morgan fingerprint density at radius 2 is 1.90 bits per heavy atom. The Kier molecular flexibility index (Phi) is 5.43. The number of hydrogen-bond acceptors (Lipinski definition) is 6. The summed E-state index contributed by atoms with van der Waals surface area (Å²) in [4.78, 5) is 12.0. The normalized spacial score (nSPS) is 15.1. The van der Waals surface area contributed by atoms with Crippen molar-refractivity contribution in [3.8, 4) is 17.2 Å². The van der Waals surface area contributed by atoms with E-state index >= 15 is 0 Å². The first-order valence-electron chi connectivity index (χ1n) is 9.19. The van der Waals surface area contributed by atoms with Crippen LogP contribution in [0.25, 0.3) is 0 Å². The summed E-state index contributed by atoms with van der Waals surface area (Å²) in [6.07, 6.45) is -4.86. The van der Waals surface area contributed by atoms with Crippen LogP contribution in [0.5, 0.6) is 17.2 Å². The Hall–Kier alpha value is -2.99. The first kappa shape index (κ1) is 21.2. The molecule has 0 aliphatic carbocycles. The molecule has 2 aliphatic rings. The Balaban J connectivity index is 1.36. The summed E-state index contributed by atoms with van der Waals surface area (Å²) >= 11 is 0. The van der Waals surface area contributed by atoms with E-state index in [9.17, 15) is 26.4 Å². The largest absolute Gasteiger partial charge is 0.492 e.